The van der Waals surface area contributed by atoms with Gasteiger partial charge in [0.05, 0.1) is 11.7 Å². The summed E-state index contributed by atoms with van der Waals surface area (Å²) in [5.41, 5.74) is 5.22. The van der Waals surface area contributed by atoms with Gasteiger partial charge in [-0.1, -0.05) is 17.7 Å². The van der Waals surface area contributed by atoms with Crippen LogP contribution in [0.15, 0.2) is 41.4 Å². The number of benzene rings is 1. The number of hydrogen-bond donors (Lipinski definition) is 2. The first-order valence-electron chi connectivity index (χ1n) is 5.84. The molecule has 1 unspecified atom stereocenters. The van der Waals surface area contributed by atoms with Crippen LogP contribution in [0.5, 0.6) is 0 Å². The molecule has 1 aromatic heterocycles. The number of aryl methyl sites for hydroxylation is 2. The summed E-state index contributed by atoms with van der Waals surface area (Å²) in [5, 5.41) is 4.16. The predicted octanol–water partition coefficient (Wildman–Crippen LogP) is 2.03. The van der Waals surface area contributed by atoms with Gasteiger partial charge in [-0.3, -0.25) is 16.0 Å². The highest BCUT2D eigenvalue weighted by atomic mass is 32.2. The van der Waals surface area contributed by atoms with Crippen molar-refractivity contribution in [2.75, 3.05) is 5.75 Å². The number of nitrogens with zero attached hydrogens (tertiary/aromatic N) is 2. The molecule has 1 heterocycles. The van der Waals surface area contributed by atoms with E-state index in [0.29, 0.717) is 0 Å². The van der Waals surface area contributed by atoms with Crippen LogP contribution < -0.4 is 11.3 Å². The lowest BCUT2D eigenvalue weighted by molar-refractivity contribution is 0.554. The van der Waals surface area contributed by atoms with Gasteiger partial charge in [0, 0.05) is 23.9 Å². The quantitative estimate of drug-likeness (QED) is 0.492. The largest absolute Gasteiger partial charge is 0.271 e. The summed E-state index contributed by atoms with van der Waals surface area (Å²) >= 11 is 1.79. The van der Waals surface area contributed by atoms with Crippen LogP contribution in [0.1, 0.15) is 17.3 Å². The van der Waals surface area contributed by atoms with Gasteiger partial charge >= 0.3 is 0 Å². The van der Waals surface area contributed by atoms with Crippen molar-refractivity contribution in [3.63, 3.8) is 0 Å². The highest BCUT2D eigenvalue weighted by Crippen LogP contribution is 2.24. The summed E-state index contributed by atoms with van der Waals surface area (Å²) in [6, 6.07) is 10.6. The van der Waals surface area contributed by atoms with Crippen LogP contribution in [0.4, 0.5) is 0 Å². The molecule has 0 fully saturated rings. The van der Waals surface area contributed by atoms with E-state index in [1.807, 2.05) is 17.8 Å². The second kappa shape index (κ2) is 6.04. The zero-order valence-corrected chi connectivity index (χ0v) is 11.4. The van der Waals surface area contributed by atoms with Crippen molar-refractivity contribution in [3.05, 3.63) is 47.8 Å². The Labute approximate surface area is 112 Å². The Bertz CT molecular complexity index is 492. The maximum Gasteiger partial charge on any atom is 0.0722 e. The number of nitrogens with one attached hydrogen (secondary N) is 1. The van der Waals surface area contributed by atoms with Gasteiger partial charge in [-0.2, -0.15) is 5.10 Å². The highest BCUT2D eigenvalue weighted by molar-refractivity contribution is 7.99. The molecule has 2 rings (SSSR count). The minimum atomic E-state index is 0.101. The molecule has 3 N–H and O–H groups in total. The summed E-state index contributed by atoms with van der Waals surface area (Å²) in [6.07, 6.45) is 1.79. The monoisotopic (exact) mass is 262 g/mol. The molecular formula is C13H18N4S. The van der Waals surface area contributed by atoms with Crippen molar-refractivity contribution in [1.82, 2.24) is 15.2 Å². The Morgan fingerprint density at radius 1 is 1.33 bits per heavy atom. The van der Waals surface area contributed by atoms with Crippen molar-refractivity contribution in [2.24, 2.45) is 12.9 Å². The molecule has 4 nitrogen and oxygen atoms in total. The number of hydrazine groups is 1. The molecule has 0 aliphatic carbocycles. The van der Waals surface area contributed by atoms with Crippen molar-refractivity contribution in [1.29, 1.82) is 0 Å². The van der Waals surface area contributed by atoms with Gasteiger partial charge in [0.25, 0.3) is 0 Å². The SMILES string of the molecule is Cc1ccc(SCC(NN)c2ccnn2C)cc1. The maximum absolute atomic E-state index is 5.62. The summed E-state index contributed by atoms with van der Waals surface area (Å²) in [4.78, 5) is 1.25. The third-order valence-electron chi connectivity index (χ3n) is 2.85. The lowest BCUT2D eigenvalue weighted by Crippen LogP contribution is -2.31. The van der Waals surface area contributed by atoms with Crippen LogP contribution in [0.3, 0.4) is 0 Å². The van der Waals surface area contributed by atoms with Crippen molar-refractivity contribution < 1.29 is 0 Å². The number of thioether (sulfide) groups is 1. The molecule has 0 aliphatic rings. The summed E-state index contributed by atoms with van der Waals surface area (Å²) in [7, 11) is 1.93. The van der Waals surface area contributed by atoms with E-state index >= 15 is 0 Å². The zero-order chi connectivity index (χ0) is 13.0. The first-order chi connectivity index (χ1) is 8.70. The molecule has 0 saturated carbocycles. The Balaban J connectivity index is 2.00. The van der Waals surface area contributed by atoms with Crippen LogP contribution in [-0.2, 0) is 7.05 Å². The van der Waals surface area contributed by atoms with Crippen LogP contribution in [-0.4, -0.2) is 15.5 Å². The van der Waals surface area contributed by atoms with Crippen molar-refractivity contribution in [2.45, 2.75) is 17.9 Å². The molecule has 0 bridgehead atoms. The first kappa shape index (κ1) is 13.1. The molecule has 1 aromatic carbocycles. The minimum absolute atomic E-state index is 0.101. The van der Waals surface area contributed by atoms with E-state index in [4.69, 9.17) is 5.84 Å². The van der Waals surface area contributed by atoms with E-state index in [9.17, 15) is 0 Å². The Morgan fingerprint density at radius 3 is 2.61 bits per heavy atom. The van der Waals surface area contributed by atoms with Gasteiger partial charge in [-0.25, -0.2) is 0 Å². The molecule has 1 atom stereocenters. The molecular weight excluding hydrogens is 244 g/mol. The standard InChI is InChI=1S/C13H18N4S/c1-10-3-5-11(6-4-10)18-9-12(16-14)13-7-8-15-17(13)2/h3-8,12,16H,9,14H2,1-2H3. The molecule has 18 heavy (non-hydrogen) atoms. The van der Waals surface area contributed by atoms with E-state index in [2.05, 4.69) is 41.7 Å². The molecule has 2 aromatic rings. The molecule has 0 radical (unpaired) electrons. The fourth-order valence-corrected chi connectivity index (χ4v) is 2.71. The third-order valence-corrected chi connectivity index (χ3v) is 3.96. The lowest BCUT2D eigenvalue weighted by Gasteiger charge is -2.15. The Kier molecular flexibility index (Phi) is 4.41. The highest BCUT2D eigenvalue weighted by Gasteiger charge is 2.13. The topological polar surface area (TPSA) is 55.9 Å². The van der Waals surface area contributed by atoms with E-state index in [1.165, 1.54) is 10.5 Å². The molecule has 96 valence electrons. The fraction of sp³-hybridized carbons (Fsp3) is 0.308. The molecule has 0 amide bonds. The first-order valence-corrected chi connectivity index (χ1v) is 6.83. The third kappa shape index (κ3) is 3.13. The molecule has 0 spiro atoms. The second-order valence-electron chi connectivity index (χ2n) is 4.22. The van der Waals surface area contributed by atoms with Crippen LogP contribution in [0, 0.1) is 6.92 Å². The smallest absolute Gasteiger partial charge is 0.0722 e. The maximum atomic E-state index is 5.62. The molecule has 0 saturated heterocycles. The van der Waals surface area contributed by atoms with Gasteiger partial charge in [0.1, 0.15) is 0 Å². The number of hydrogen-bond acceptors (Lipinski definition) is 4. The van der Waals surface area contributed by atoms with Gasteiger partial charge in [0.15, 0.2) is 0 Å². The fourth-order valence-electron chi connectivity index (χ4n) is 1.76. The van der Waals surface area contributed by atoms with E-state index in [-0.39, 0.29) is 6.04 Å². The normalized spacial score (nSPS) is 12.6. The summed E-state index contributed by atoms with van der Waals surface area (Å²) < 4.78 is 1.85. The number of aromatic nitrogens is 2. The van der Waals surface area contributed by atoms with Crippen LogP contribution in [0.25, 0.3) is 0 Å². The van der Waals surface area contributed by atoms with Crippen molar-refractivity contribution in [3.8, 4) is 0 Å². The number of nitrogens with two attached hydrogens (primary N) is 1. The Morgan fingerprint density at radius 2 is 2.06 bits per heavy atom. The summed E-state index contributed by atoms with van der Waals surface area (Å²) in [6.45, 7) is 2.09. The average Bonchev–Trinajstić information content (AvgIpc) is 2.79. The van der Waals surface area contributed by atoms with Crippen LogP contribution in [0.2, 0.25) is 0 Å². The van der Waals surface area contributed by atoms with Gasteiger partial charge in [-0.15, -0.1) is 11.8 Å². The average molecular weight is 262 g/mol. The van der Waals surface area contributed by atoms with E-state index in [0.717, 1.165) is 11.4 Å². The number of rotatable bonds is 5. The Hall–Kier alpha value is -1.30. The zero-order valence-electron chi connectivity index (χ0n) is 10.6. The second-order valence-corrected chi connectivity index (χ2v) is 5.32. The van der Waals surface area contributed by atoms with E-state index < -0.39 is 0 Å². The predicted molar refractivity (Wildman–Crippen MR) is 75.2 cm³/mol. The summed E-state index contributed by atoms with van der Waals surface area (Å²) in [5.74, 6) is 6.49. The lowest BCUT2D eigenvalue weighted by atomic mass is 10.2. The van der Waals surface area contributed by atoms with E-state index in [1.54, 1.807) is 18.0 Å². The van der Waals surface area contributed by atoms with Crippen molar-refractivity contribution >= 4 is 11.8 Å². The van der Waals surface area contributed by atoms with Gasteiger partial charge in [0.2, 0.25) is 0 Å². The van der Waals surface area contributed by atoms with Gasteiger partial charge in [-0.05, 0) is 25.1 Å². The molecule has 5 heteroatoms. The molecule has 0 aliphatic heterocycles. The minimum Gasteiger partial charge on any atom is -0.271 e. The van der Waals surface area contributed by atoms with Gasteiger partial charge < -0.3 is 0 Å². The van der Waals surface area contributed by atoms with Crippen LogP contribution >= 0.6 is 11.8 Å².